The van der Waals surface area contributed by atoms with Crippen LogP contribution in [0.25, 0.3) is 0 Å². The number of hydrogen-bond donors (Lipinski definition) is 1. The van der Waals surface area contributed by atoms with Gasteiger partial charge in [-0.1, -0.05) is 12.1 Å². The Kier molecular flexibility index (Phi) is 3.37. The van der Waals surface area contributed by atoms with Crippen LogP contribution < -0.4 is 10.1 Å². The summed E-state index contributed by atoms with van der Waals surface area (Å²) in [7, 11) is 1.59. The highest BCUT2D eigenvalue weighted by molar-refractivity contribution is 5.93. The van der Waals surface area contributed by atoms with Gasteiger partial charge in [-0.05, 0) is 42.5 Å². The van der Waals surface area contributed by atoms with E-state index in [1.165, 1.54) is 24.6 Å². The Hall–Kier alpha value is -2.36. The number of ether oxygens (including phenoxy) is 1. The van der Waals surface area contributed by atoms with Crippen LogP contribution in [0.4, 0.5) is 0 Å². The van der Waals surface area contributed by atoms with Gasteiger partial charge in [0.1, 0.15) is 5.75 Å². The van der Waals surface area contributed by atoms with Crippen LogP contribution in [0.2, 0.25) is 0 Å². The third-order valence-electron chi connectivity index (χ3n) is 3.38. The Labute approximate surface area is 117 Å². The molecule has 1 aromatic carbocycles. The van der Waals surface area contributed by atoms with E-state index in [0.717, 1.165) is 11.7 Å². The highest BCUT2D eigenvalue weighted by Crippen LogP contribution is 2.40. The summed E-state index contributed by atoms with van der Waals surface area (Å²) in [4.78, 5) is 15.5. The van der Waals surface area contributed by atoms with Gasteiger partial charge in [-0.2, -0.15) is 0 Å². The number of rotatable bonds is 4. The number of carbonyl (C=O) groups is 1. The number of pyridine rings is 1. The summed E-state index contributed by atoms with van der Waals surface area (Å²) in [5.74, 6) is 1.83. The van der Waals surface area contributed by atoms with Crippen LogP contribution in [0.5, 0.6) is 11.6 Å². The second-order valence-electron chi connectivity index (χ2n) is 4.91. The molecule has 0 unspecified atom stereocenters. The molecule has 0 radical (unpaired) electrons. The van der Waals surface area contributed by atoms with E-state index in [9.17, 15) is 4.79 Å². The van der Waals surface area contributed by atoms with E-state index >= 15 is 0 Å². The molecule has 4 heteroatoms. The lowest BCUT2D eigenvalue weighted by atomic mass is 10.1. The van der Waals surface area contributed by atoms with Crippen molar-refractivity contribution < 1.29 is 9.53 Å². The van der Waals surface area contributed by atoms with E-state index in [1.807, 2.05) is 12.1 Å². The van der Waals surface area contributed by atoms with Crippen LogP contribution >= 0.6 is 0 Å². The summed E-state index contributed by atoms with van der Waals surface area (Å²) in [6.45, 7) is 0. The first kappa shape index (κ1) is 12.7. The van der Waals surface area contributed by atoms with Gasteiger partial charge in [0, 0.05) is 19.3 Å². The molecule has 0 saturated heterocycles. The van der Waals surface area contributed by atoms with E-state index in [1.54, 1.807) is 19.2 Å². The fourth-order valence-corrected chi connectivity index (χ4v) is 2.06. The smallest absolute Gasteiger partial charge is 0.252 e. The zero-order valence-corrected chi connectivity index (χ0v) is 11.3. The third kappa shape index (κ3) is 2.79. The van der Waals surface area contributed by atoms with E-state index < -0.39 is 0 Å². The zero-order valence-electron chi connectivity index (χ0n) is 11.3. The minimum absolute atomic E-state index is 0.155. The molecule has 4 nitrogen and oxygen atoms in total. The van der Waals surface area contributed by atoms with Crippen LogP contribution in [0.1, 0.15) is 34.7 Å². The van der Waals surface area contributed by atoms with Crippen LogP contribution in [-0.4, -0.2) is 17.9 Å². The van der Waals surface area contributed by atoms with E-state index in [0.29, 0.717) is 11.4 Å². The number of benzene rings is 1. The van der Waals surface area contributed by atoms with Crippen LogP contribution in [-0.2, 0) is 0 Å². The first-order valence-corrected chi connectivity index (χ1v) is 6.72. The third-order valence-corrected chi connectivity index (χ3v) is 3.38. The number of amides is 1. The summed E-state index contributed by atoms with van der Waals surface area (Å²) in [5.41, 5.74) is 1.89. The number of carbonyl (C=O) groups excluding carboxylic acids is 1. The van der Waals surface area contributed by atoms with Crippen molar-refractivity contribution in [3.63, 3.8) is 0 Å². The lowest BCUT2D eigenvalue weighted by molar-refractivity contribution is 0.0962. The van der Waals surface area contributed by atoms with Crippen molar-refractivity contribution in [3.05, 3.63) is 53.7 Å². The van der Waals surface area contributed by atoms with Gasteiger partial charge in [0.2, 0.25) is 5.88 Å². The fraction of sp³-hybridized carbons (Fsp3) is 0.250. The van der Waals surface area contributed by atoms with Gasteiger partial charge in [0.15, 0.2) is 0 Å². The average molecular weight is 268 g/mol. The number of hydrogen-bond acceptors (Lipinski definition) is 3. The monoisotopic (exact) mass is 268 g/mol. The van der Waals surface area contributed by atoms with Gasteiger partial charge in [-0.15, -0.1) is 0 Å². The first-order chi connectivity index (χ1) is 9.76. The second-order valence-corrected chi connectivity index (χ2v) is 4.91. The summed E-state index contributed by atoms with van der Waals surface area (Å²) in [6, 6.07) is 11.5. The number of aromatic nitrogens is 1. The lowest BCUT2D eigenvalue weighted by Gasteiger charge is -2.06. The Bertz CT molecular complexity index is 601. The van der Waals surface area contributed by atoms with Crippen molar-refractivity contribution in [1.82, 2.24) is 10.3 Å². The van der Waals surface area contributed by atoms with Gasteiger partial charge in [-0.3, -0.25) is 4.79 Å². The molecule has 0 aliphatic heterocycles. The van der Waals surface area contributed by atoms with Crippen molar-refractivity contribution in [2.24, 2.45) is 0 Å². The maximum atomic E-state index is 11.4. The molecule has 0 bridgehead atoms. The molecule has 1 fully saturated rings. The Balaban J connectivity index is 1.68. The molecule has 1 aliphatic carbocycles. The minimum atomic E-state index is -0.155. The van der Waals surface area contributed by atoms with Crippen molar-refractivity contribution >= 4 is 5.91 Å². The van der Waals surface area contributed by atoms with E-state index in [2.05, 4.69) is 22.4 Å². The fourth-order valence-electron chi connectivity index (χ4n) is 2.06. The Morgan fingerprint density at radius 2 is 1.95 bits per heavy atom. The van der Waals surface area contributed by atoms with E-state index in [4.69, 9.17) is 4.74 Å². The van der Waals surface area contributed by atoms with Crippen molar-refractivity contribution in [2.75, 3.05) is 7.05 Å². The van der Waals surface area contributed by atoms with Gasteiger partial charge in [0.25, 0.3) is 5.91 Å². The molecule has 1 aliphatic rings. The molecule has 1 N–H and O–H groups in total. The van der Waals surface area contributed by atoms with Crippen molar-refractivity contribution in [2.45, 2.75) is 18.8 Å². The van der Waals surface area contributed by atoms with Gasteiger partial charge < -0.3 is 10.1 Å². The first-order valence-electron chi connectivity index (χ1n) is 6.72. The average Bonchev–Trinajstić information content (AvgIpc) is 3.33. The van der Waals surface area contributed by atoms with Crippen molar-refractivity contribution in [3.8, 4) is 11.6 Å². The molecule has 2 aromatic rings. The Morgan fingerprint density at radius 1 is 1.20 bits per heavy atom. The summed E-state index contributed by atoms with van der Waals surface area (Å²) in [5, 5.41) is 2.55. The quantitative estimate of drug-likeness (QED) is 0.927. The van der Waals surface area contributed by atoms with Gasteiger partial charge >= 0.3 is 0 Å². The highest BCUT2D eigenvalue weighted by Gasteiger charge is 2.23. The second kappa shape index (κ2) is 5.33. The lowest BCUT2D eigenvalue weighted by Crippen LogP contribution is -2.17. The SMILES string of the molecule is CNC(=O)c1ccc(Oc2ccc(C3CC3)cc2)nc1. The number of nitrogens with one attached hydrogen (secondary N) is 1. The van der Waals surface area contributed by atoms with Crippen LogP contribution in [0, 0.1) is 0 Å². The number of nitrogens with zero attached hydrogens (tertiary/aromatic N) is 1. The van der Waals surface area contributed by atoms with Gasteiger partial charge in [-0.25, -0.2) is 4.98 Å². The zero-order chi connectivity index (χ0) is 13.9. The molecule has 1 amide bonds. The molecular formula is C16H16N2O2. The topological polar surface area (TPSA) is 51.2 Å². The predicted octanol–water partition coefficient (Wildman–Crippen LogP) is 3.11. The molecular weight excluding hydrogens is 252 g/mol. The molecule has 1 aromatic heterocycles. The summed E-state index contributed by atoms with van der Waals surface area (Å²) in [6.07, 6.45) is 4.10. The molecule has 0 atom stereocenters. The highest BCUT2D eigenvalue weighted by atomic mass is 16.5. The van der Waals surface area contributed by atoms with Crippen molar-refractivity contribution in [1.29, 1.82) is 0 Å². The van der Waals surface area contributed by atoms with E-state index in [-0.39, 0.29) is 5.91 Å². The molecule has 102 valence electrons. The molecule has 1 saturated carbocycles. The molecule has 3 rings (SSSR count). The molecule has 0 spiro atoms. The summed E-state index contributed by atoms with van der Waals surface area (Å²) >= 11 is 0. The van der Waals surface area contributed by atoms with Crippen LogP contribution in [0.3, 0.4) is 0 Å². The minimum Gasteiger partial charge on any atom is -0.439 e. The normalized spacial score (nSPS) is 13.8. The standard InChI is InChI=1S/C16H16N2O2/c1-17-16(19)13-6-9-15(18-10-13)20-14-7-4-12(5-8-14)11-2-3-11/h4-11H,2-3H2,1H3,(H,17,19). The van der Waals surface area contributed by atoms with Crippen LogP contribution in [0.15, 0.2) is 42.6 Å². The summed E-state index contributed by atoms with van der Waals surface area (Å²) < 4.78 is 5.66. The predicted molar refractivity (Wildman–Crippen MR) is 76.1 cm³/mol. The molecule has 1 heterocycles. The maximum absolute atomic E-state index is 11.4. The Morgan fingerprint density at radius 3 is 2.50 bits per heavy atom. The van der Waals surface area contributed by atoms with Gasteiger partial charge in [0.05, 0.1) is 5.56 Å². The maximum Gasteiger partial charge on any atom is 0.252 e. The molecule has 20 heavy (non-hydrogen) atoms. The largest absolute Gasteiger partial charge is 0.439 e.